The molecule has 0 bridgehead atoms. The van der Waals surface area contributed by atoms with Crippen LogP contribution in [-0.4, -0.2) is 19.8 Å². The van der Waals surface area contributed by atoms with Crippen molar-refractivity contribution in [3.63, 3.8) is 0 Å². The summed E-state index contributed by atoms with van der Waals surface area (Å²) in [7, 11) is 0. The fraction of sp³-hybridized carbons (Fsp3) is 0.636. The Balaban J connectivity index is 2.49. The minimum Gasteiger partial charge on any atom is -0.379 e. The second-order valence-electron chi connectivity index (χ2n) is 3.33. The highest BCUT2D eigenvalue weighted by atomic mass is 79.9. The minimum absolute atomic E-state index is 0.331. The third-order valence-electron chi connectivity index (χ3n) is 2.02. The van der Waals surface area contributed by atoms with Crippen molar-refractivity contribution < 1.29 is 4.74 Å². The SMILES string of the molecule is CCCOCC(NCC)c1ccc(Br)s1. The van der Waals surface area contributed by atoms with E-state index in [1.807, 2.05) is 0 Å². The zero-order valence-corrected chi connectivity index (χ0v) is 11.7. The van der Waals surface area contributed by atoms with E-state index in [1.54, 1.807) is 11.3 Å². The Labute approximate surface area is 104 Å². The largest absolute Gasteiger partial charge is 0.379 e. The molecule has 1 unspecified atom stereocenters. The smallest absolute Gasteiger partial charge is 0.0702 e. The van der Waals surface area contributed by atoms with Crippen LogP contribution in [0.25, 0.3) is 0 Å². The van der Waals surface area contributed by atoms with Gasteiger partial charge in [-0.3, -0.25) is 0 Å². The maximum absolute atomic E-state index is 5.59. The molecule has 0 aliphatic heterocycles. The highest BCUT2D eigenvalue weighted by molar-refractivity contribution is 9.11. The molecule has 2 nitrogen and oxygen atoms in total. The monoisotopic (exact) mass is 291 g/mol. The van der Waals surface area contributed by atoms with Crippen molar-refractivity contribution in [1.29, 1.82) is 0 Å². The summed E-state index contributed by atoms with van der Waals surface area (Å²) in [5, 5.41) is 3.44. The number of thiophene rings is 1. The van der Waals surface area contributed by atoms with E-state index in [4.69, 9.17) is 4.74 Å². The van der Waals surface area contributed by atoms with Crippen molar-refractivity contribution in [3.8, 4) is 0 Å². The van der Waals surface area contributed by atoms with Crippen LogP contribution < -0.4 is 5.32 Å². The minimum atomic E-state index is 0.331. The van der Waals surface area contributed by atoms with Gasteiger partial charge in [0, 0.05) is 11.5 Å². The zero-order valence-electron chi connectivity index (χ0n) is 9.25. The van der Waals surface area contributed by atoms with Gasteiger partial charge in [-0.15, -0.1) is 11.3 Å². The Morgan fingerprint density at radius 1 is 1.47 bits per heavy atom. The van der Waals surface area contributed by atoms with Crippen LogP contribution >= 0.6 is 27.3 Å². The zero-order chi connectivity index (χ0) is 11.1. The summed E-state index contributed by atoms with van der Waals surface area (Å²) in [4.78, 5) is 1.33. The Hall–Kier alpha value is 0.1000. The second kappa shape index (κ2) is 7.39. The van der Waals surface area contributed by atoms with Crippen molar-refractivity contribution >= 4 is 27.3 Å². The standard InChI is InChI=1S/C11H18BrNOS/c1-3-7-14-8-9(13-4-2)10-5-6-11(12)15-10/h5-6,9,13H,3-4,7-8H2,1-2H3. The van der Waals surface area contributed by atoms with Gasteiger partial charge in [-0.2, -0.15) is 0 Å². The van der Waals surface area contributed by atoms with Crippen molar-refractivity contribution in [2.75, 3.05) is 19.8 Å². The summed E-state index contributed by atoms with van der Waals surface area (Å²) in [5.74, 6) is 0. The fourth-order valence-corrected chi connectivity index (χ4v) is 2.83. The van der Waals surface area contributed by atoms with Gasteiger partial charge in [-0.05, 0) is 41.0 Å². The second-order valence-corrected chi connectivity index (χ2v) is 5.82. The molecule has 1 aromatic heterocycles. The lowest BCUT2D eigenvalue weighted by atomic mass is 10.2. The van der Waals surface area contributed by atoms with E-state index in [1.165, 1.54) is 8.66 Å². The Morgan fingerprint density at radius 3 is 2.80 bits per heavy atom. The van der Waals surface area contributed by atoms with E-state index in [2.05, 4.69) is 47.2 Å². The molecule has 0 radical (unpaired) electrons. The van der Waals surface area contributed by atoms with E-state index in [0.717, 1.165) is 26.2 Å². The van der Waals surface area contributed by atoms with Crippen LogP contribution in [0, 0.1) is 0 Å². The first-order valence-corrected chi connectivity index (χ1v) is 6.95. The van der Waals surface area contributed by atoms with Gasteiger partial charge in [0.05, 0.1) is 16.4 Å². The third kappa shape index (κ3) is 4.64. The molecule has 1 atom stereocenters. The first-order chi connectivity index (χ1) is 7.27. The average Bonchev–Trinajstić information content (AvgIpc) is 2.64. The Kier molecular flexibility index (Phi) is 6.48. The average molecular weight is 292 g/mol. The summed E-state index contributed by atoms with van der Waals surface area (Å²) in [6.07, 6.45) is 1.08. The van der Waals surface area contributed by atoms with Crippen LogP contribution in [0.3, 0.4) is 0 Å². The fourth-order valence-electron chi connectivity index (χ4n) is 1.35. The predicted molar refractivity (Wildman–Crippen MR) is 69.5 cm³/mol. The molecular weight excluding hydrogens is 274 g/mol. The van der Waals surface area contributed by atoms with Crippen molar-refractivity contribution in [2.24, 2.45) is 0 Å². The van der Waals surface area contributed by atoms with Crippen LogP contribution in [0.5, 0.6) is 0 Å². The molecule has 0 spiro atoms. The quantitative estimate of drug-likeness (QED) is 0.775. The number of halogens is 1. The van der Waals surface area contributed by atoms with E-state index in [9.17, 15) is 0 Å². The lowest BCUT2D eigenvalue weighted by Crippen LogP contribution is -2.24. The third-order valence-corrected chi connectivity index (χ3v) is 3.76. The van der Waals surface area contributed by atoms with E-state index < -0.39 is 0 Å². The van der Waals surface area contributed by atoms with Crippen LogP contribution in [-0.2, 0) is 4.74 Å². The number of nitrogens with one attached hydrogen (secondary N) is 1. The van der Waals surface area contributed by atoms with Gasteiger partial charge in [0.25, 0.3) is 0 Å². The van der Waals surface area contributed by atoms with Gasteiger partial charge >= 0.3 is 0 Å². The molecule has 0 aliphatic carbocycles. The molecule has 1 N–H and O–H groups in total. The van der Waals surface area contributed by atoms with Gasteiger partial charge in [-0.1, -0.05) is 13.8 Å². The molecule has 1 heterocycles. The molecule has 0 aromatic carbocycles. The first-order valence-electron chi connectivity index (χ1n) is 5.34. The molecule has 0 fully saturated rings. The molecular formula is C11H18BrNOS. The normalized spacial score (nSPS) is 13.0. The molecule has 0 saturated heterocycles. The van der Waals surface area contributed by atoms with E-state index in [0.29, 0.717) is 6.04 Å². The summed E-state index contributed by atoms with van der Waals surface area (Å²) in [5.41, 5.74) is 0. The van der Waals surface area contributed by atoms with Gasteiger partial charge in [0.15, 0.2) is 0 Å². The summed E-state index contributed by atoms with van der Waals surface area (Å²) < 4.78 is 6.77. The van der Waals surface area contributed by atoms with Crippen molar-refractivity contribution in [3.05, 3.63) is 20.8 Å². The van der Waals surface area contributed by atoms with E-state index in [-0.39, 0.29) is 0 Å². The maximum atomic E-state index is 5.59. The van der Waals surface area contributed by atoms with Crippen molar-refractivity contribution in [1.82, 2.24) is 5.32 Å². The Morgan fingerprint density at radius 2 is 2.27 bits per heavy atom. The highest BCUT2D eigenvalue weighted by Gasteiger charge is 2.12. The van der Waals surface area contributed by atoms with Crippen molar-refractivity contribution in [2.45, 2.75) is 26.3 Å². The number of likely N-dealkylation sites (N-methyl/N-ethyl adjacent to an activating group) is 1. The number of hydrogen-bond donors (Lipinski definition) is 1. The van der Waals surface area contributed by atoms with Gasteiger partial charge in [0.2, 0.25) is 0 Å². The molecule has 0 saturated carbocycles. The summed E-state index contributed by atoms with van der Waals surface area (Å²) >= 11 is 5.25. The molecule has 1 rings (SSSR count). The lowest BCUT2D eigenvalue weighted by molar-refractivity contribution is 0.113. The van der Waals surface area contributed by atoms with Crippen LogP contribution in [0.4, 0.5) is 0 Å². The molecule has 0 aliphatic rings. The predicted octanol–water partition coefficient (Wildman–Crippen LogP) is 3.59. The van der Waals surface area contributed by atoms with E-state index >= 15 is 0 Å². The maximum Gasteiger partial charge on any atom is 0.0702 e. The molecule has 1 aromatic rings. The number of hydrogen-bond acceptors (Lipinski definition) is 3. The number of ether oxygens (including phenoxy) is 1. The summed E-state index contributed by atoms with van der Waals surface area (Å²) in [6.45, 7) is 6.82. The highest BCUT2D eigenvalue weighted by Crippen LogP contribution is 2.27. The number of rotatable bonds is 7. The molecule has 4 heteroatoms. The lowest BCUT2D eigenvalue weighted by Gasteiger charge is -2.16. The van der Waals surface area contributed by atoms with Crippen LogP contribution in [0.1, 0.15) is 31.2 Å². The Bertz CT molecular complexity index is 277. The summed E-state index contributed by atoms with van der Waals surface area (Å²) in [6, 6.07) is 4.57. The molecule has 0 amide bonds. The van der Waals surface area contributed by atoms with Crippen LogP contribution in [0.15, 0.2) is 15.9 Å². The van der Waals surface area contributed by atoms with Crippen LogP contribution in [0.2, 0.25) is 0 Å². The molecule has 15 heavy (non-hydrogen) atoms. The topological polar surface area (TPSA) is 21.3 Å². The molecule has 86 valence electrons. The van der Waals surface area contributed by atoms with Gasteiger partial charge < -0.3 is 10.1 Å². The van der Waals surface area contributed by atoms with Gasteiger partial charge in [0.1, 0.15) is 0 Å². The van der Waals surface area contributed by atoms with Gasteiger partial charge in [-0.25, -0.2) is 0 Å². The first kappa shape index (κ1) is 13.2.